The first-order chi connectivity index (χ1) is 21.1. The van der Waals surface area contributed by atoms with Crippen molar-refractivity contribution in [3.05, 3.63) is 145 Å². The summed E-state index contributed by atoms with van der Waals surface area (Å²) in [5.41, 5.74) is 7.22. The van der Waals surface area contributed by atoms with Crippen molar-refractivity contribution in [2.45, 2.75) is 29.1 Å². The Labute approximate surface area is 255 Å². The van der Waals surface area contributed by atoms with E-state index in [0.717, 1.165) is 66.5 Å². The van der Waals surface area contributed by atoms with Gasteiger partial charge in [-0.1, -0.05) is 92.3 Å². The van der Waals surface area contributed by atoms with Crippen LogP contribution in [0.15, 0.2) is 144 Å². The highest BCUT2D eigenvalue weighted by Gasteiger charge is 2.36. The van der Waals surface area contributed by atoms with E-state index < -0.39 is 0 Å². The fourth-order valence-corrected chi connectivity index (χ4v) is 7.09. The van der Waals surface area contributed by atoms with Crippen molar-refractivity contribution in [3.63, 3.8) is 0 Å². The van der Waals surface area contributed by atoms with Crippen LogP contribution in [-0.4, -0.2) is 4.98 Å². The largest absolute Gasteiger partial charge is 0.455 e. The van der Waals surface area contributed by atoms with Crippen LogP contribution in [0.25, 0.3) is 11.1 Å². The Balaban J connectivity index is 1.23. The third-order valence-electron chi connectivity index (χ3n) is 8.28. The lowest BCUT2D eigenvalue weighted by atomic mass is 9.75. The maximum atomic E-state index is 6.67. The molecule has 0 spiro atoms. The molecule has 5 aromatic carbocycles. The second-order valence-corrected chi connectivity index (χ2v) is 12.3. The van der Waals surface area contributed by atoms with Gasteiger partial charge in [-0.3, -0.25) is 4.98 Å². The summed E-state index contributed by atoms with van der Waals surface area (Å²) in [5, 5.41) is 0. The summed E-state index contributed by atoms with van der Waals surface area (Å²) in [6, 6.07) is 42.0. The number of ether oxygens (including phenoxy) is 2. The zero-order valence-electron chi connectivity index (χ0n) is 23.8. The number of rotatable bonds is 4. The zero-order chi connectivity index (χ0) is 29.0. The molecule has 0 saturated carbocycles. The van der Waals surface area contributed by atoms with Crippen LogP contribution in [0.2, 0.25) is 0 Å². The minimum Gasteiger partial charge on any atom is -0.455 e. The van der Waals surface area contributed by atoms with E-state index in [2.05, 4.69) is 115 Å². The fraction of sp³-hybridized carbons (Fsp3) is 0.0789. The van der Waals surface area contributed by atoms with Gasteiger partial charge in [-0.2, -0.15) is 0 Å². The molecule has 5 heteroatoms. The summed E-state index contributed by atoms with van der Waals surface area (Å²) >= 11 is 1.75. The summed E-state index contributed by atoms with van der Waals surface area (Å²) in [6.45, 7) is 4.53. The highest BCUT2D eigenvalue weighted by molar-refractivity contribution is 7.99. The lowest BCUT2D eigenvalue weighted by molar-refractivity contribution is 0.419. The van der Waals surface area contributed by atoms with E-state index in [1.165, 1.54) is 5.56 Å². The predicted molar refractivity (Wildman–Crippen MR) is 174 cm³/mol. The van der Waals surface area contributed by atoms with Gasteiger partial charge in [0.2, 0.25) is 0 Å². The Kier molecular flexibility index (Phi) is 6.02. The third kappa shape index (κ3) is 4.27. The number of aromatic nitrogens is 1. The molecule has 0 bridgehead atoms. The molecule has 0 aliphatic carbocycles. The molecule has 0 radical (unpaired) electrons. The minimum absolute atomic E-state index is 0.215. The minimum atomic E-state index is -0.215. The van der Waals surface area contributed by atoms with Crippen LogP contribution >= 0.6 is 11.8 Å². The Morgan fingerprint density at radius 2 is 1.33 bits per heavy atom. The molecule has 0 fully saturated rings. The van der Waals surface area contributed by atoms with E-state index in [0.29, 0.717) is 0 Å². The number of nitrogens with zero attached hydrogens (tertiary/aromatic N) is 2. The van der Waals surface area contributed by atoms with Crippen molar-refractivity contribution in [1.82, 2.24) is 4.98 Å². The van der Waals surface area contributed by atoms with Gasteiger partial charge >= 0.3 is 0 Å². The molecule has 0 amide bonds. The standard InChI is InChI=1S/C38H28N2O2S/c1-38(2)29-12-3-4-15-32(29)41-37-30(38)13-8-14-31(37)40(27-10-9-23-39-24-27)26-21-19-25(20-22-26)28-11-7-18-35-36(28)42-33-16-5-6-17-34(33)43-35/h3-24H,1-2H3. The summed E-state index contributed by atoms with van der Waals surface area (Å²) in [7, 11) is 0. The van der Waals surface area contributed by atoms with Gasteiger partial charge in [0.25, 0.3) is 0 Å². The van der Waals surface area contributed by atoms with Crippen LogP contribution in [0.1, 0.15) is 25.0 Å². The first kappa shape index (κ1) is 25.7. The predicted octanol–water partition coefficient (Wildman–Crippen LogP) is 10.9. The van der Waals surface area contributed by atoms with Gasteiger partial charge in [0.15, 0.2) is 5.75 Å². The first-order valence-corrected chi connectivity index (χ1v) is 15.2. The molecule has 4 nitrogen and oxygen atoms in total. The third-order valence-corrected chi connectivity index (χ3v) is 9.38. The van der Waals surface area contributed by atoms with Crippen molar-refractivity contribution < 1.29 is 9.47 Å². The van der Waals surface area contributed by atoms with E-state index in [-0.39, 0.29) is 5.41 Å². The summed E-state index contributed by atoms with van der Waals surface area (Å²) < 4.78 is 13.1. The molecule has 208 valence electrons. The monoisotopic (exact) mass is 576 g/mol. The molecule has 2 aliphatic heterocycles. The number of benzene rings is 5. The van der Waals surface area contributed by atoms with Crippen molar-refractivity contribution in [3.8, 4) is 34.1 Å². The number of hydrogen-bond acceptors (Lipinski definition) is 5. The SMILES string of the molecule is CC1(C)c2ccccc2Oc2c(N(c3ccc(-c4cccc5c4Oc4ccccc4S5)cc3)c3cccnc3)cccc21. The molecule has 43 heavy (non-hydrogen) atoms. The fourth-order valence-electron chi connectivity index (χ4n) is 6.11. The van der Waals surface area contributed by atoms with Crippen LogP contribution in [0.5, 0.6) is 23.0 Å². The Morgan fingerprint density at radius 3 is 2.16 bits per heavy atom. The van der Waals surface area contributed by atoms with Crippen molar-refractivity contribution in [2.75, 3.05) is 4.90 Å². The lowest BCUT2D eigenvalue weighted by Crippen LogP contribution is -2.25. The van der Waals surface area contributed by atoms with Crippen molar-refractivity contribution in [1.29, 1.82) is 0 Å². The lowest BCUT2D eigenvalue weighted by Gasteiger charge is -2.37. The van der Waals surface area contributed by atoms with E-state index in [1.54, 1.807) is 18.0 Å². The van der Waals surface area contributed by atoms with Crippen molar-refractivity contribution in [2.24, 2.45) is 0 Å². The molecule has 0 saturated heterocycles. The Morgan fingerprint density at radius 1 is 0.605 bits per heavy atom. The first-order valence-electron chi connectivity index (χ1n) is 14.4. The summed E-state index contributed by atoms with van der Waals surface area (Å²) in [4.78, 5) is 8.94. The number of fused-ring (bicyclic) bond motifs is 4. The Bertz CT molecular complexity index is 1990. The number of anilines is 3. The normalized spacial score (nSPS) is 13.8. The topological polar surface area (TPSA) is 34.6 Å². The van der Waals surface area contributed by atoms with E-state index in [4.69, 9.17) is 9.47 Å². The smallest absolute Gasteiger partial charge is 0.155 e. The van der Waals surface area contributed by atoms with Gasteiger partial charge in [-0.05, 0) is 60.2 Å². The van der Waals surface area contributed by atoms with Gasteiger partial charge in [0, 0.05) is 34.0 Å². The van der Waals surface area contributed by atoms with E-state index in [9.17, 15) is 0 Å². The van der Waals surface area contributed by atoms with Crippen LogP contribution in [0.3, 0.4) is 0 Å². The van der Waals surface area contributed by atoms with Crippen LogP contribution in [-0.2, 0) is 5.41 Å². The van der Waals surface area contributed by atoms with Crippen molar-refractivity contribution >= 4 is 28.8 Å². The van der Waals surface area contributed by atoms with Gasteiger partial charge in [0.05, 0.1) is 27.4 Å². The molecule has 8 rings (SSSR count). The molecule has 6 aromatic rings. The van der Waals surface area contributed by atoms with E-state index in [1.807, 2.05) is 36.5 Å². The van der Waals surface area contributed by atoms with Gasteiger partial charge < -0.3 is 14.4 Å². The number of pyridine rings is 1. The molecule has 1 aromatic heterocycles. The zero-order valence-corrected chi connectivity index (χ0v) is 24.6. The summed E-state index contributed by atoms with van der Waals surface area (Å²) in [6.07, 6.45) is 3.70. The molecular weight excluding hydrogens is 548 g/mol. The quantitative estimate of drug-likeness (QED) is 0.208. The highest BCUT2D eigenvalue weighted by Crippen LogP contribution is 2.54. The second kappa shape index (κ2) is 10.1. The number of para-hydroxylation sites is 4. The van der Waals surface area contributed by atoms with Crippen LogP contribution in [0, 0.1) is 0 Å². The van der Waals surface area contributed by atoms with Gasteiger partial charge in [-0.15, -0.1) is 0 Å². The molecule has 0 atom stereocenters. The maximum Gasteiger partial charge on any atom is 0.155 e. The summed E-state index contributed by atoms with van der Waals surface area (Å²) in [5.74, 6) is 3.54. The maximum absolute atomic E-state index is 6.67. The molecule has 2 aliphatic rings. The highest BCUT2D eigenvalue weighted by atomic mass is 32.2. The van der Waals surface area contributed by atoms with Crippen LogP contribution < -0.4 is 14.4 Å². The molecule has 0 unspecified atom stereocenters. The van der Waals surface area contributed by atoms with E-state index >= 15 is 0 Å². The van der Waals surface area contributed by atoms with Gasteiger partial charge in [0.1, 0.15) is 17.2 Å². The average Bonchev–Trinajstić information content (AvgIpc) is 3.05. The van der Waals surface area contributed by atoms with Gasteiger partial charge in [-0.25, -0.2) is 0 Å². The Hall–Kier alpha value is -5.00. The number of hydrogen-bond donors (Lipinski definition) is 0. The molecule has 3 heterocycles. The average molecular weight is 577 g/mol. The second-order valence-electron chi connectivity index (χ2n) is 11.3. The van der Waals surface area contributed by atoms with Crippen LogP contribution in [0.4, 0.5) is 17.1 Å². The molecular formula is C38H28N2O2S. The molecule has 0 N–H and O–H groups in total.